The summed E-state index contributed by atoms with van der Waals surface area (Å²) in [6.07, 6.45) is -3.43. The topological polar surface area (TPSA) is 47.0 Å². The molecule has 0 atom stereocenters. The summed E-state index contributed by atoms with van der Waals surface area (Å²) < 4.78 is 42.4. The van der Waals surface area contributed by atoms with E-state index in [4.69, 9.17) is 4.74 Å². The molecule has 7 heteroatoms. The van der Waals surface area contributed by atoms with E-state index in [0.29, 0.717) is 11.4 Å². The van der Waals surface area contributed by atoms with Gasteiger partial charge in [-0.2, -0.15) is 13.2 Å². The second-order valence-electron chi connectivity index (χ2n) is 3.62. The van der Waals surface area contributed by atoms with Gasteiger partial charge in [-0.15, -0.1) is 0 Å². The highest BCUT2D eigenvalue weighted by Crippen LogP contribution is 2.28. The fourth-order valence-corrected chi connectivity index (χ4v) is 1.38. The van der Waals surface area contributed by atoms with Crippen molar-refractivity contribution < 1.29 is 17.9 Å². The van der Waals surface area contributed by atoms with Crippen molar-refractivity contribution in [3.63, 3.8) is 0 Å². The third-order valence-corrected chi connectivity index (χ3v) is 2.29. The average Bonchev–Trinajstić information content (AvgIpc) is 2.39. The van der Waals surface area contributed by atoms with Gasteiger partial charge in [-0.25, -0.2) is 9.97 Å². The van der Waals surface area contributed by atoms with E-state index in [2.05, 4.69) is 15.3 Å². The first-order valence-corrected chi connectivity index (χ1v) is 5.30. The molecule has 0 spiro atoms. The molecule has 4 nitrogen and oxygen atoms in total. The van der Waals surface area contributed by atoms with E-state index >= 15 is 0 Å². The van der Waals surface area contributed by atoms with E-state index in [1.54, 1.807) is 24.3 Å². The number of hydrogen-bond donors (Lipinski definition) is 1. The number of anilines is 2. The molecule has 1 N–H and O–H groups in total. The van der Waals surface area contributed by atoms with Crippen LogP contribution in [0.2, 0.25) is 0 Å². The fraction of sp³-hybridized carbons (Fsp3) is 0.167. The molecule has 0 radical (unpaired) electrons. The molecule has 0 aliphatic carbocycles. The van der Waals surface area contributed by atoms with Crippen LogP contribution in [-0.2, 0) is 6.18 Å². The lowest BCUT2D eigenvalue weighted by Gasteiger charge is -2.08. The van der Waals surface area contributed by atoms with E-state index in [0.717, 1.165) is 12.3 Å². The van der Waals surface area contributed by atoms with Crippen molar-refractivity contribution in [2.24, 2.45) is 0 Å². The first-order valence-electron chi connectivity index (χ1n) is 5.30. The minimum atomic E-state index is -4.49. The average molecular weight is 269 g/mol. The van der Waals surface area contributed by atoms with Crippen LogP contribution < -0.4 is 10.1 Å². The summed E-state index contributed by atoms with van der Waals surface area (Å²) in [6, 6.07) is 7.48. The summed E-state index contributed by atoms with van der Waals surface area (Å²) in [4.78, 5) is 7.14. The number of ether oxygens (including phenoxy) is 1. The van der Waals surface area contributed by atoms with Gasteiger partial charge in [0.1, 0.15) is 11.4 Å². The van der Waals surface area contributed by atoms with Gasteiger partial charge in [-0.05, 0) is 30.3 Å². The zero-order valence-corrected chi connectivity index (χ0v) is 9.90. The molecule has 100 valence electrons. The third kappa shape index (κ3) is 3.34. The zero-order valence-electron chi connectivity index (χ0n) is 9.90. The number of halogens is 3. The molecular formula is C12H10F3N3O. The van der Waals surface area contributed by atoms with Gasteiger partial charge in [0.15, 0.2) is 0 Å². The Kier molecular flexibility index (Phi) is 3.55. The Balaban J connectivity index is 2.18. The molecule has 19 heavy (non-hydrogen) atoms. The number of methoxy groups -OCH3 is 1. The number of aromatic nitrogens is 2. The molecule has 2 rings (SSSR count). The molecule has 1 aromatic carbocycles. The largest absolute Gasteiger partial charge is 0.497 e. The fourth-order valence-electron chi connectivity index (χ4n) is 1.38. The van der Waals surface area contributed by atoms with Gasteiger partial charge < -0.3 is 10.1 Å². The molecule has 0 saturated carbocycles. The molecule has 1 heterocycles. The molecule has 2 aromatic rings. The SMILES string of the molecule is COc1ccc(Nc2nccc(C(F)(F)F)n2)cc1. The second-order valence-corrected chi connectivity index (χ2v) is 3.62. The third-order valence-electron chi connectivity index (χ3n) is 2.29. The Morgan fingerprint density at radius 2 is 1.79 bits per heavy atom. The molecule has 0 aliphatic rings. The van der Waals surface area contributed by atoms with Gasteiger partial charge in [-0.1, -0.05) is 0 Å². The van der Waals surface area contributed by atoms with Gasteiger partial charge in [0, 0.05) is 11.9 Å². The van der Waals surface area contributed by atoms with Gasteiger partial charge >= 0.3 is 6.18 Å². The van der Waals surface area contributed by atoms with Crippen LogP contribution in [0.25, 0.3) is 0 Å². The van der Waals surface area contributed by atoms with Crippen molar-refractivity contribution in [3.8, 4) is 5.75 Å². The van der Waals surface area contributed by atoms with Crippen molar-refractivity contribution >= 4 is 11.6 Å². The summed E-state index contributed by atoms with van der Waals surface area (Å²) >= 11 is 0. The molecule has 0 fully saturated rings. The lowest BCUT2D eigenvalue weighted by molar-refractivity contribution is -0.141. The van der Waals surface area contributed by atoms with Gasteiger partial charge in [-0.3, -0.25) is 0 Å². The predicted octanol–water partition coefficient (Wildman–Crippen LogP) is 3.25. The van der Waals surface area contributed by atoms with Crippen LogP contribution in [-0.4, -0.2) is 17.1 Å². The lowest BCUT2D eigenvalue weighted by atomic mass is 10.3. The highest BCUT2D eigenvalue weighted by Gasteiger charge is 2.32. The Bertz CT molecular complexity index is 555. The normalized spacial score (nSPS) is 11.2. The first kappa shape index (κ1) is 13.1. The Labute approximate surface area is 107 Å². The molecule has 0 saturated heterocycles. The van der Waals surface area contributed by atoms with Crippen molar-refractivity contribution in [2.45, 2.75) is 6.18 Å². The number of rotatable bonds is 3. The number of benzene rings is 1. The van der Waals surface area contributed by atoms with Crippen molar-refractivity contribution in [3.05, 3.63) is 42.2 Å². The molecule has 1 aromatic heterocycles. The summed E-state index contributed by atoms with van der Waals surface area (Å²) in [5.74, 6) is 0.538. The predicted molar refractivity (Wildman–Crippen MR) is 63.3 cm³/mol. The maximum atomic E-state index is 12.5. The van der Waals surface area contributed by atoms with Gasteiger partial charge in [0.25, 0.3) is 0 Å². The molecule has 0 unspecified atom stereocenters. The minimum absolute atomic E-state index is 0.111. The molecular weight excluding hydrogens is 259 g/mol. The van der Waals surface area contributed by atoms with Crippen molar-refractivity contribution in [2.75, 3.05) is 12.4 Å². The summed E-state index contributed by atoms with van der Waals surface area (Å²) in [5.41, 5.74) is -0.418. The number of nitrogens with one attached hydrogen (secondary N) is 1. The highest BCUT2D eigenvalue weighted by atomic mass is 19.4. The van der Waals surface area contributed by atoms with Crippen LogP contribution in [0, 0.1) is 0 Å². The second kappa shape index (κ2) is 5.13. The maximum absolute atomic E-state index is 12.5. The van der Waals surface area contributed by atoms with Crippen LogP contribution in [0.4, 0.5) is 24.8 Å². The Morgan fingerprint density at radius 3 is 2.37 bits per heavy atom. The van der Waals surface area contributed by atoms with E-state index in [9.17, 15) is 13.2 Å². The zero-order chi connectivity index (χ0) is 13.9. The Morgan fingerprint density at radius 1 is 1.11 bits per heavy atom. The van der Waals surface area contributed by atoms with Gasteiger partial charge in [0.2, 0.25) is 5.95 Å². The molecule has 0 bridgehead atoms. The quantitative estimate of drug-likeness (QED) is 0.929. The molecule has 0 aliphatic heterocycles. The highest BCUT2D eigenvalue weighted by molar-refractivity contribution is 5.54. The van der Waals surface area contributed by atoms with E-state index in [1.165, 1.54) is 7.11 Å². The minimum Gasteiger partial charge on any atom is -0.497 e. The molecule has 0 amide bonds. The van der Waals surface area contributed by atoms with Crippen LogP contribution in [0.5, 0.6) is 5.75 Å². The number of nitrogens with zero attached hydrogens (tertiary/aromatic N) is 2. The van der Waals surface area contributed by atoms with Crippen LogP contribution in [0.3, 0.4) is 0 Å². The van der Waals surface area contributed by atoms with Crippen LogP contribution in [0.15, 0.2) is 36.5 Å². The van der Waals surface area contributed by atoms with Crippen LogP contribution in [0.1, 0.15) is 5.69 Å². The number of alkyl halides is 3. The summed E-state index contributed by atoms with van der Waals surface area (Å²) in [6.45, 7) is 0. The van der Waals surface area contributed by atoms with E-state index < -0.39 is 11.9 Å². The maximum Gasteiger partial charge on any atom is 0.433 e. The lowest BCUT2D eigenvalue weighted by Crippen LogP contribution is -2.10. The van der Waals surface area contributed by atoms with Crippen molar-refractivity contribution in [1.29, 1.82) is 0 Å². The smallest absolute Gasteiger partial charge is 0.433 e. The monoisotopic (exact) mass is 269 g/mol. The summed E-state index contributed by atoms with van der Waals surface area (Å²) in [7, 11) is 1.53. The van der Waals surface area contributed by atoms with Crippen LogP contribution >= 0.6 is 0 Å². The van der Waals surface area contributed by atoms with E-state index in [-0.39, 0.29) is 5.95 Å². The van der Waals surface area contributed by atoms with E-state index in [1.807, 2.05) is 0 Å². The Hall–Kier alpha value is -2.31. The number of hydrogen-bond acceptors (Lipinski definition) is 4. The van der Waals surface area contributed by atoms with Crippen molar-refractivity contribution in [1.82, 2.24) is 9.97 Å². The first-order chi connectivity index (χ1) is 8.99. The standard InChI is InChI=1S/C12H10F3N3O/c1-19-9-4-2-8(3-5-9)17-11-16-7-6-10(18-11)12(13,14)15/h2-7H,1H3,(H,16,17,18). The van der Waals surface area contributed by atoms with Gasteiger partial charge in [0.05, 0.1) is 7.11 Å². The summed E-state index contributed by atoms with van der Waals surface area (Å²) in [5, 5.41) is 2.69.